The summed E-state index contributed by atoms with van der Waals surface area (Å²) < 4.78 is 43.7. The van der Waals surface area contributed by atoms with E-state index in [4.69, 9.17) is 23.1 Å². The fourth-order valence-corrected chi connectivity index (χ4v) is 7.55. The van der Waals surface area contributed by atoms with Gasteiger partial charge in [0.2, 0.25) is 21.2 Å². The van der Waals surface area contributed by atoms with Crippen molar-refractivity contribution >= 4 is 44.7 Å². The summed E-state index contributed by atoms with van der Waals surface area (Å²) >= 11 is 5.83. The molecule has 2 aromatic rings. The molecule has 206 valence electrons. The van der Waals surface area contributed by atoms with Crippen LogP contribution in [0.15, 0.2) is 29.3 Å². The molecular weight excluding hydrogens is 535 g/mol. The quantitative estimate of drug-likeness (QED) is 0.271. The van der Waals surface area contributed by atoms with Crippen molar-refractivity contribution in [2.45, 2.75) is 23.8 Å². The predicted octanol–water partition coefficient (Wildman–Crippen LogP) is 1.12. The zero-order valence-corrected chi connectivity index (χ0v) is 22.6. The lowest BCUT2D eigenvalue weighted by molar-refractivity contribution is -0.123. The number of sulfonamides is 1. The van der Waals surface area contributed by atoms with Gasteiger partial charge in [-0.05, 0) is 67.4 Å². The van der Waals surface area contributed by atoms with Crippen LogP contribution < -0.4 is 26.4 Å². The lowest BCUT2D eigenvalue weighted by Crippen LogP contribution is -2.47. The first-order valence-electron chi connectivity index (χ1n) is 12.6. The fraction of sp³-hybridized carbons (Fsp3) is 0.542. The minimum atomic E-state index is -3.85. The van der Waals surface area contributed by atoms with Gasteiger partial charge < -0.3 is 26.6 Å². The third kappa shape index (κ3) is 5.37. The van der Waals surface area contributed by atoms with Crippen LogP contribution in [0.2, 0.25) is 5.28 Å². The molecule has 0 radical (unpaired) electrons. The maximum atomic E-state index is 14.3. The van der Waals surface area contributed by atoms with Crippen LogP contribution in [-0.4, -0.2) is 75.0 Å². The van der Waals surface area contributed by atoms with Crippen LogP contribution in [0, 0.1) is 29.5 Å². The van der Waals surface area contributed by atoms with Crippen molar-refractivity contribution in [3.05, 3.63) is 35.5 Å². The number of aromatic nitrogens is 2. The Morgan fingerprint density at radius 3 is 2.66 bits per heavy atom. The van der Waals surface area contributed by atoms with Gasteiger partial charge in [0.15, 0.2) is 11.6 Å². The van der Waals surface area contributed by atoms with E-state index in [-0.39, 0.29) is 40.3 Å². The van der Waals surface area contributed by atoms with Crippen LogP contribution in [0.3, 0.4) is 0 Å². The second-order valence-corrected chi connectivity index (χ2v) is 12.6. The second-order valence-electron chi connectivity index (χ2n) is 10.5. The number of nitrogens with two attached hydrogens (primary N) is 2. The summed E-state index contributed by atoms with van der Waals surface area (Å²) in [6.45, 7) is 3.49. The summed E-state index contributed by atoms with van der Waals surface area (Å²) in [5, 5.41) is 2.88. The Balaban J connectivity index is 1.30. The second kappa shape index (κ2) is 10.4. The van der Waals surface area contributed by atoms with Gasteiger partial charge in [-0.1, -0.05) is 0 Å². The topological polar surface area (TPSA) is 160 Å². The molecule has 2 aliphatic carbocycles. The van der Waals surface area contributed by atoms with Gasteiger partial charge in [0, 0.05) is 50.1 Å². The molecule has 11 nitrogen and oxygen atoms in total. The number of nitrogens with zero attached hydrogens (tertiary/aromatic N) is 4. The summed E-state index contributed by atoms with van der Waals surface area (Å²) in [7, 11) is -1.80. The molecule has 38 heavy (non-hydrogen) atoms. The molecule has 2 heterocycles. The van der Waals surface area contributed by atoms with Crippen molar-refractivity contribution in [2.24, 2.45) is 29.4 Å². The normalized spacial score (nSPS) is 27.6. The Morgan fingerprint density at radius 2 is 1.95 bits per heavy atom. The van der Waals surface area contributed by atoms with Crippen molar-refractivity contribution in [2.75, 3.05) is 55.7 Å². The summed E-state index contributed by atoms with van der Waals surface area (Å²) in [4.78, 5) is 24.2. The number of fused-ring (bicyclic) bond motifs is 2. The molecule has 2 saturated carbocycles. The first-order chi connectivity index (χ1) is 18.0. The van der Waals surface area contributed by atoms with E-state index in [1.807, 2.05) is 0 Å². The molecule has 2 bridgehead atoms. The standard InChI is InChI=1S/C24H32ClFN8O3S/c1-33-2-4-34(5-3-33)16-8-15(27)9-17(10-16)38(36,37)30-11-14-6-13-7-18(14)21(20(13)22(28)35)31-23-19(26)12-29-24(25)32-23/h8-10,12-14,18,20-21,30H,2-7,11,27H2,1H3,(H2,28,35)(H,29,31,32)/t13-,14-,18+,20-,21+/m0/s1. The number of piperazine rings is 1. The van der Waals surface area contributed by atoms with Gasteiger partial charge in [-0.15, -0.1) is 0 Å². The van der Waals surface area contributed by atoms with Crippen LogP contribution in [0.25, 0.3) is 0 Å². The molecular formula is C24H32ClFN8O3S. The number of halogens is 2. The largest absolute Gasteiger partial charge is 0.399 e. The predicted molar refractivity (Wildman–Crippen MR) is 143 cm³/mol. The highest BCUT2D eigenvalue weighted by atomic mass is 35.5. The molecule has 14 heteroatoms. The summed E-state index contributed by atoms with van der Waals surface area (Å²) in [5.41, 5.74) is 12.9. The van der Waals surface area contributed by atoms with Crippen molar-refractivity contribution in [1.29, 1.82) is 0 Å². The van der Waals surface area contributed by atoms with E-state index in [0.717, 1.165) is 38.1 Å². The van der Waals surface area contributed by atoms with E-state index in [0.29, 0.717) is 18.5 Å². The summed E-state index contributed by atoms with van der Waals surface area (Å²) in [6, 6.07) is 4.40. The van der Waals surface area contributed by atoms with Crippen LogP contribution in [0.4, 0.5) is 21.6 Å². The molecule has 1 aliphatic heterocycles. The minimum Gasteiger partial charge on any atom is -0.399 e. The van der Waals surface area contributed by atoms with Gasteiger partial charge in [0.1, 0.15) is 0 Å². The summed E-state index contributed by atoms with van der Waals surface area (Å²) in [6.07, 6.45) is 2.26. The maximum absolute atomic E-state index is 14.3. The average Bonchev–Trinajstić information content (AvgIpc) is 3.43. The molecule has 0 spiro atoms. The van der Waals surface area contributed by atoms with E-state index in [1.54, 1.807) is 12.1 Å². The van der Waals surface area contributed by atoms with Crippen LogP contribution in [0.5, 0.6) is 0 Å². The number of carbonyl (C=O) groups is 1. The Kier molecular flexibility index (Phi) is 7.37. The van der Waals surface area contributed by atoms with Crippen LogP contribution in [0.1, 0.15) is 12.8 Å². The van der Waals surface area contributed by atoms with Gasteiger partial charge in [0.25, 0.3) is 0 Å². The number of nitrogens with one attached hydrogen (secondary N) is 2. The number of primary amides is 1. The number of amides is 1. The number of nitrogen functional groups attached to an aromatic ring is 1. The molecule has 6 N–H and O–H groups in total. The maximum Gasteiger partial charge on any atom is 0.240 e. The molecule has 3 aliphatic rings. The van der Waals surface area contributed by atoms with Crippen molar-refractivity contribution in [1.82, 2.24) is 19.6 Å². The Bertz CT molecular complexity index is 1320. The third-order valence-electron chi connectivity index (χ3n) is 8.12. The van der Waals surface area contributed by atoms with Crippen LogP contribution >= 0.6 is 11.6 Å². The van der Waals surface area contributed by atoms with E-state index in [2.05, 4.69) is 36.9 Å². The Morgan fingerprint density at radius 1 is 1.21 bits per heavy atom. The monoisotopic (exact) mass is 566 g/mol. The molecule has 5 rings (SSSR count). The zero-order valence-electron chi connectivity index (χ0n) is 21.0. The minimum absolute atomic E-state index is 0.0407. The first-order valence-corrected chi connectivity index (χ1v) is 14.5. The molecule has 1 aromatic carbocycles. The number of hydrogen-bond acceptors (Lipinski definition) is 9. The van der Waals surface area contributed by atoms with E-state index < -0.39 is 33.7 Å². The molecule has 1 saturated heterocycles. The molecule has 5 atom stereocenters. The van der Waals surface area contributed by atoms with Crippen LogP contribution in [-0.2, 0) is 14.8 Å². The number of carbonyl (C=O) groups excluding carboxylic acids is 1. The number of hydrogen-bond donors (Lipinski definition) is 4. The van der Waals surface area contributed by atoms with Gasteiger partial charge >= 0.3 is 0 Å². The number of anilines is 3. The molecule has 0 unspecified atom stereocenters. The van der Waals surface area contributed by atoms with E-state index in [9.17, 15) is 17.6 Å². The third-order valence-corrected chi connectivity index (χ3v) is 9.70. The molecule has 1 aromatic heterocycles. The Labute approximate surface area is 226 Å². The average molecular weight is 567 g/mol. The first kappa shape index (κ1) is 26.9. The van der Waals surface area contributed by atoms with Gasteiger partial charge in [0.05, 0.1) is 17.0 Å². The van der Waals surface area contributed by atoms with Gasteiger partial charge in [-0.25, -0.2) is 22.5 Å². The SMILES string of the molecule is CN1CCN(c2cc(N)cc(S(=O)(=O)NC[C@@H]3C[C@H]4C[C@H]3[C@@H](Nc3nc(Cl)ncc3F)[C@H]4C(N)=O)c2)CC1. The van der Waals surface area contributed by atoms with Gasteiger partial charge in [-0.2, -0.15) is 4.98 Å². The highest BCUT2D eigenvalue weighted by molar-refractivity contribution is 7.89. The Hall–Kier alpha value is -2.74. The van der Waals surface area contributed by atoms with Crippen molar-refractivity contribution in [3.8, 4) is 0 Å². The molecule has 3 fully saturated rings. The highest BCUT2D eigenvalue weighted by Crippen LogP contribution is 2.52. The zero-order chi connectivity index (χ0) is 27.2. The lowest BCUT2D eigenvalue weighted by atomic mass is 9.78. The number of rotatable bonds is 8. The van der Waals surface area contributed by atoms with Crippen molar-refractivity contribution < 1.29 is 17.6 Å². The summed E-state index contributed by atoms with van der Waals surface area (Å²) in [5.74, 6) is -2.05. The molecule has 1 amide bonds. The number of benzene rings is 1. The van der Waals surface area contributed by atoms with E-state index >= 15 is 0 Å². The fourth-order valence-electron chi connectivity index (χ4n) is 6.25. The highest BCUT2D eigenvalue weighted by Gasteiger charge is 2.55. The number of likely N-dealkylation sites (N-methyl/N-ethyl adjacent to an activating group) is 1. The van der Waals surface area contributed by atoms with E-state index in [1.165, 1.54) is 6.07 Å². The lowest BCUT2D eigenvalue weighted by Gasteiger charge is -2.35. The van der Waals surface area contributed by atoms with Gasteiger partial charge in [-0.3, -0.25) is 4.79 Å². The van der Waals surface area contributed by atoms with Crippen molar-refractivity contribution in [3.63, 3.8) is 0 Å². The smallest absolute Gasteiger partial charge is 0.240 e.